The molecule has 4 aromatic rings. The van der Waals surface area contributed by atoms with Crippen molar-refractivity contribution >= 4 is 56.4 Å². The molecule has 0 saturated carbocycles. The van der Waals surface area contributed by atoms with Crippen LogP contribution in [-0.4, -0.2) is 39.9 Å². The van der Waals surface area contributed by atoms with Crippen LogP contribution in [0.2, 0.25) is 0 Å². The molecular formula is C27H23FN4O3S2. The van der Waals surface area contributed by atoms with Crippen LogP contribution >= 0.6 is 23.6 Å². The number of ether oxygens (including phenoxy) is 1. The van der Waals surface area contributed by atoms with Crippen LogP contribution < -0.4 is 15.4 Å². The van der Waals surface area contributed by atoms with E-state index in [1.165, 1.54) is 23.5 Å². The van der Waals surface area contributed by atoms with Crippen LogP contribution in [0.1, 0.15) is 28.1 Å². The van der Waals surface area contributed by atoms with Crippen LogP contribution in [-0.2, 0) is 11.2 Å². The number of halogens is 1. The van der Waals surface area contributed by atoms with Crippen molar-refractivity contribution in [1.29, 1.82) is 0 Å². The molecule has 5 rings (SSSR count). The molecule has 0 atom stereocenters. The van der Waals surface area contributed by atoms with E-state index in [1.54, 1.807) is 24.4 Å². The molecular weight excluding hydrogens is 511 g/mol. The zero-order chi connectivity index (χ0) is 25.8. The third-order valence-corrected chi connectivity index (χ3v) is 7.18. The van der Waals surface area contributed by atoms with Gasteiger partial charge < -0.3 is 20.3 Å². The van der Waals surface area contributed by atoms with Gasteiger partial charge in [0.25, 0.3) is 5.91 Å². The fourth-order valence-electron chi connectivity index (χ4n) is 4.07. The van der Waals surface area contributed by atoms with Gasteiger partial charge in [-0.05, 0) is 48.8 Å². The molecule has 10 heteroatoms. The number of amides is 2. The molecule has 0 aliphatic carbocycles. The second kappa shape index (κ2) is 11.0. The molecule has 0 bridgehead atoms. The van der Waals surface area contributed by atoms with E-state index in [0.29, 0.717) is 26.5 Å². The fraction of sp³-hybridized carbons (Fsp3) is 0.185. The van der Waals surface area contributed by atoms with E-state index in [4.69, 9.17) is 17.0 Å². The Morgan fingerprint density at radius 1 is 1.05 bits per heavy atom. The number of anilines is 1. The number of carbonyl (C=O) groups is 2. The van der Waals surface area contributed by atoms with Gasteiger partial charge >= 0.3 is 0 Å². The first-order valence-electron chi connectivity index (χ1n) is 11.8. The van der Waals surface area contributed by atoms with Crippen LogP contribution in [0, 0.1) is 5.82 Å². The van der Waals surface area contributed by atoms with E-state index in [9.17, 15) is 14.0 Å². The number of fused-ring (bicyclic) bond motifs is 1. The van der Waals surface area contributed by atoms with Crippen LogP contribution in [0.3, 0.4) is 0 Å². The molecule has 0 spiro atoms. The Morgan fingerprint density at radius 3 is 2.59 bits per heavy atom. The lowest BCUT2D eigenvalue weighted by atomic mass is 10.1. The number of hydrogen-bond donors (Lipinski definition) is 2. The molecule has 7 nitrogen and oxygen atoms in total. The summed E-state index contributed by atoms with van der Waals surface area (Å²) in [5.74, 6) is -0.473. The molecule has 3 heterocycles. The number of nitrogens with zero attached hydrogens (tertiary/aromatic N) is 2. The molecule has 2 amide bonds. The highest BCUT2D eigenvalue weighted by Crippen LogP contribution is 2.36. The highest BCUT2D eigenvalue weighted by atomic mass is 32.1. The van der Waals surface area contributed by atoms with Crippen molar-refractivity contribution in [3.05, 3.63) is 83.1 Å². The first kappa shape index (κ1) is 24.8. The summed E-state index contributed by atoms with van der Waals surface area (Å²) >= 11 is 6.48. The predicted octanol–water partition coefficient (Wildman–Crippen LogP) is 5.52. The molecule has 2 aromatic heterocycles. The smallest absolute Gasteiger partial charge is 0.264 e. The quantitative estimate of drug-likeness (QED) is 0.317. The zero-order valence-electron chi connectivity index (χ0n) is 19.7. The van der Waals surface area contributed by atoms with Crippen molar-refractivity contribution < 1.29 is 18.7 Å². The maximum atomic E-state index is 14.9. The zero-order valence-corrected chi connectivity index (χ0v) is 21.3. The largest absolute Gasteiger partial charge is 0.453 e. The van der Waals surface area contributed by atoms with Crippen LogP contribution in [0.4, 0.5) is 10.1 Å². The van der Waals surface area contributed by atoms with Gasteiger partial charge in [0.15, 0.2) is 16.7 Å². The monoisotopic (exact) mass is 534 g/mol. The van der Waals surface area contributed by atoms with Crippen molar-refractivity contribution in [3.63, 3.8) is 0 Å². The lowest BCUT2D eigenvalue weighted by Gasteiger charge is -2.13. The number of pyridine rings is 1. The molecule has 37 heavy (non-hydrogen) atoms. The minimum absolute atomic E-state index is 0.0119. The topological polar surface area (TPSA) is 83.6 Å². The number of rotatable bonds is 6. The Hall–Kier alpha value is -3.89. The van der Waals surface area contributed by atoms with Crippen molar-refractivity contribution in [1.82, 2.24) is 15.2 Å². The Bertz CT molecular complexity index is 1470. The van der Waals surface area contributed by atoms with E-state index in [-0.39, 0.29) is 29.1 Å². The van der Waals surface area contributed by atoms with Gasteiger partial charge in [-0.2, -0.15) is 0 Å². The van der Waals surface area contributed by atoms with Crippen molar-refractivity contribution in [2.24, 2.45) is 0 Å². The second-order valence-corrected chi connectivity index (χ2v) is 10.0. The van der Waals surface area contributed by atoms with Gasteiger partial charge in [-0.1, -0.05) is 30.3 Å². The Kier molecular flexibility index (Phi) is 7.38. The minimum Gasteiger partial charge on any atom is -0.453 e. The summed E-state index contributed by atoms with van der Waals surface area (Å²) in [5.41, 5.74) is 1.85. The molecule has 1 aliphatic heterocycles. The lowest BCUT2D eigenvalue weighted by Crippen LogP contribution is -2.35. The number of benzene rings is 2. The van der Waals surface area contributed by atoms with Crippen molar-refractivity contribution in [2.45, 2.75) is 19.3 Å². The Balaban J connectivity index is 1.25. The van der Waals surface area contributed by atoms with Gasteiger partial charge in [0.2, 0.25) is 5.91 Å². The van der Waals surface area contributed by atoms with E-state index >= 15 is 0 Å². The van der Waals surface area contributed by atoms with Crippen LogP contribution in [0.25, 0.3) is 10.2 Å². The summed E-state index contributed by atoms with van der Waals surface area (Å²) < 4.78 is 21.5. The molecule has 0 radical (unpaired) electrons. The van der Waals surface area contributed by atoms with Crippen molar-refractivity contribution in [2.75, 3.05) is 18.4 Å². The summed E-state index contributed by atoms with van der Waals surface area (Å²) in [6.45, 7) is 1.52. The number of likely N-dealkylation sites (tertiary alicyclic amines) is 1. The molecule has 2 aromatic carbocycles. The summed E-state index contributed by atoms with van der Waals surface area (Å²) in [6.07, 6.45) is 3.77. The fourth-order valence-corrected chi connectivity index (χ4v) is 5.34. The van der Waals surface area contributed by atoms with Crippen molar-refractivity contribution in [3.8, 4) is 11.5 Å². The summed E-state index contributed by atoms with van der Waals surface area (Å²) in [4.78, 5) is 31.8. The van der Waals surface area contributed by atoms with Gasteiger partial charge in [0, 0.05) is 37.1 Å². The minimum atomic E-state index is -0.613. The predicted molar refractivity (Wildman–Crippen MR) is 146 cm³/mol. The molecule has 2 N–H and O–H groups in total. The standard InChI is InChI=1S/C27H23FN4O3S2/c28-19-15-18(30-27(36)31-24(33)14-17-6-2-1-3-7-17)8-9-21(19)35-22-10-11-29-20-16-23(37-25(20)22)26(34)32-12-4-5-13-32/h1-3,6-11,15-16H,4-5,12-14H2,(H2,30,31,33,36). The molecule has 188 valence electrons. The molecule has 1 saturated heterocycles. The van der Waals surface area contributed by atoms with Crippen LogP contribution in [0.15, 0.2) is 66.9 Å². The van der Waals surface area contributed by atoms with Gasteiger partial charge in [-0.25, -0.2) is 4.39 Å². The summed E-state index contributed by atoms with van der Waals surface area (Å²) in [7, 11) is 0. The number of aromatic nitrogens is 1. The number of thiocarbonyl (C=S) groups is 1. The third kappa shape index (κ3) is 5.92. The van der Waals surface area contributed by atoms with E-state index in [1.807, 2.05) is 35.2 Å². The number of hydrogen-bond acceptors (Lipinski definition) is 6. The SMILES string of the molecule is O=C(Cc1ccccc1)NC(=S)Nc1ccc(Oc2ccnc3cc(C(=O)N4CCCC4)sc23)c(F)c1. The number of carbonyl (C=O) groups excluding carboxylic acids is 2. The average molecular weight is 535 g/mol. The highest BCUT2D eigenvalue weighted by Gasteiger charge is 2.22. The Morgan fingerprint density at radius 2 is 1.84 bits per heavy atom. The summed E-state index contributed by atoms with van der Waals surface area (Å²) in [6, 6.07) is 17.0. The van der Waals surface area contributed by atoms with Gasteiger partial charge in [0.1, 0.15) is 5.75 Å². The second-order valence-electron chi connectivity index (χ2n) is 8.55. The van der Waals surface area contributed by atoms with Gasteiger partial charge in [0.05, 0.1) is 21.5 Å². The first-order chi connectivity index (χ1) is 18.0. The maximum absolute atomic E-state index is 14.9. The van der Waals surface area contributed by atoms with Crippen LogP contribution in [0.5, 0.6) is 11.5 Å². The first-order valence-corrected chi connectivity index (χ1v) is 13.0. The maximum Gasteiger partial charge on any atom is 0.264 e. The molecule has 1 fully saturated rings. The van der Waals surface area contributed by atoms with E-state index < -0.39 is 5.82 Å². The number of nitrogens with one attached hydrogen (secondary N) is 2. The van der Waals surface area contributed by atoms with Gasteiger partial charge in [-0.3, -0.25) is 14.6 Å². The Labute approximate surface area is 222 Å². The number of thiophene rings is 1. The van der Waals surface area contributed by atoms with E-state index in [0.717, 1.165) is 31.5 Å². The third-order valence-electron chi connectivity index (χ3n) is 5.85. The lowest BCUT2D eigenvalue weighted by molar-refractivity contribution is -0.119. The summed E-state index contributed by atoms with van der Waals surface area (Å²) in [5, 5.41) is 5.48. The molecule has 0 unspecified atom stereocenters. The van der Waals surface area contributed by atoms with Gasteiger partial charge in [-0.15, -0.1) is 11.3 Å². The average Bonchev–Trinajstić information content (AvgIpc) is 3.57. The highest BCUT2D eigenvalue weighted by molar-refractivity contribution is 7.80. The normalized spacial score (nSPS) is 12.9. The van der Waals surface area contributed by atoms with E-state index in [2.05, 4.69) is 15.6 Å². The molecule has 1 aliphatic rings.